The normalized spacial score (nSPS) is 10.7. The lowest BCUT2D eigenvalue weighted by atomic mass is 10.1. The number of hydrogen-bond acceptors (Lipinski definition) is 3. The number of amides is 1. The number of carbonyl (C=O) groups is 1. The minimum atomic E-state index is -0.125. The van der Waals surface area contributed by atoms with E-state index in [1.54, 1.807) is 17.5 Å². The van der Waals surface area contributed by atoms with Gasteiger partial charge in [-0.3, -0.25) is 4.79 Å². The van der Waals surface area contributed by atoms with E-state index in [2.05, 4.69) is 10.3 Å². The highest BCUT2D eigenvalue weighted by Gasteiger charge is 2.10. The van der Waals surface area contributed by atoms with Gasteiger partial charge in [-0.2, -0.15) is 0 Å². The van der Waals surface area contributed by atoms with Crippen LogP contribution >= 0.6 is 11.3 Å². The average molecular weight is 359 g/mol. The lowest BCUT2D eigenvalue weighted by Crippen LogP contribution is -2.12. The topological polar surface area (TPSA) is 46.9 Å². The zero-order valence-electron chi connectivity index (χ0n) is 14.2. The number of aromatic nitrogens is 2. The molecule has 1 N–H and O–H groups in total. The minimum absolute atomic E-state index is 0.125. The molecule has 4 aromatic rings. The smallest absolute Gasteiger partial charge is 0.255 e. The van der Waals surface area contributed by atoms with Crippen molar-refractivity contribution in [1.82, 2.24) is 9.55 Å². The van der Waals surface area contributed by atoms with Crippen molar-refractivity contribution in [2.45, 2.75) is 6.92 Å². The summed E-state index contributed by atoms with van der Waals surface area (Å²) in [6.45, 7) is 2.04. The summed E-state index contributed by atoms with van der Waals surface area (Å²) in [7, 11) is 0. The van der Waals surface area contributed by atoms with Crippen molar-refractivity contribution < 1.29 is 4.79 Å². The highest BCUT2D eigenvalue weighted by atomic mass is 32.1. The standard InChI is InChI=1S/C21H17N3OS/c1-15-4-5-17(14-19(15)24-11-2-3-12-24)20(25)23-18-8-6-16(7-9-18)21-22-10-13-26-21/h2-14H,1H3,(H,23,25). The first-order valence-electron chi connectivity index (χ1n) is 8.26. The number of thiazole rings is 1. The summed E-state index contributed by atoms with van der Waals surface area (Å²) in [5.74, 6) is -0.125. The van der Waals surface area contributed by atoms with Crippen LogP contribution in [0.4, 0.5) is 5.69 Å². The van der Waals surface area contributed by atoms with Gasteiger partial charge in [0.05, 0.1) is 0 Å². The first-order valence-corrected chi connectivity index (χ1v) is 9.14. The monoisotopic (exact) mass is 359 g/mol. The van der Waals surface area contributed by atoms with E-state index < -0.39 is 0 Å². The molecular weight excluding hydrogens is 342 g/mol. The fourth-order valence-electron chi connectivity index (χ4n) is 2.79. The second-order valence-electron chi connectivity index (χ2n) is 5.96. The molecule has 0 spiro atoms. The van der Waals surface area contributed by atoms with Crippen LogP contribution in [0.25, 0.3) is 16.3 Å². The molecule has 2 heterocycles. The molecule has 0 fully saturated rings. The molecule has 0 unspecified atom stereocenters. The van der Waals surface area contributed by atoms with Gasteiger partial charge in [-0.15, -0.1) is 11.3 Å². The number of rotatable bonds is 4. The number of nitrogens with zero attached hydrogens (tertiary/aromatic N) is 2. The van der Waals surface area contributed by atoms with Crippen molar-refractivity contribution >= 4 is 22.9 Å². The van der Waals surface area contributed by atoms with Gasteiger partial charge in [0.15, 0.2) is 0 Å². The molecule has 0 saturated carbocycles. The van der Waals surface area contributed by atoms with E-state index in [0.29, 0.717) is 5.56 Å². The number of benzene rings is 2. The predicted molar refractivity (Wildman–Crippen MR) is 106 cm³/mol. The largest absolute Gasteiger partial charge is 0.324 e. The van der Waals surface area contributed by atoms with Gasteiger partial charge in [-0.05, 0) is 61.0 Å². The van der Waals surface area contributed by atoms with Crippen molar-refractivity contribution in [3.63, 3.8) is 0 Å². The van der Waals surface area contributed by atoms with Gasteiger partial charge >= 0.3 is 0 Å². The zero-order valence-corrected chi connectivity index (χ0v) is 15.0. The van der Waals surface area contributed by atoms with Crippen LogP contribution in [0.5, 0.6) is 0 Å². The highest BCUT2D eigenvalue weighted by Crippen LogP contribution is 2.24. The molecule has 4 rings (SSSR count). The summed E-state index contributed by atoms with van der Waals surface area (Å²) in [5, 5.41) is 5.88. The van der Waals surface area contributed by atoms with E-state index in [4.69, 9.17) is 0 Å². The average Bonchev–Trinajstić information content (AvgIpc) is 3.37. The Balaban J connectivity index is 1.54. The molecule has 0 aliphatic rings. The van der Waals surface area contributed by atoms with E-state index >= 15 is 0 Å². The van der Waals surface area contributed by atoms with E-state index in [-0.39, 0.29) is 5.91 Å². The SMILES string of the molecule is Cc1ccc(C(=O)Nc2ccc(-c3nccs3)cc2)cc1-n1cccc1. The van der Waals surface area contributed by atoms with Crippen LogP contribution in [0.3, 0.4) is 0 Å². The molecule has 0 aliphatic carbocycles. The maximum atomic E-state index is 12.6. The number of carbonyl (C=O) groups excluding carboxylic acids is 1. The second-order valence-corrected chi connectivity index (χ2v) is 6.85. The molecular formula is C21H17N3OS. The van der Waals surface area contributed by atoms with Crippen molar-refractivity contribution in [2.75, 3.05) is 5.32 Å². The van der Waals surface area contributed by atoms with Gasteiger partial charge in [0.25, 0.3) is 5.91 Å². The lowest BCUT2D eigenvalue weighted by Gasteiger charge is -2.11. The minimum Gasteiger partial charge on any atom is -0.324 e. The molecule has 0 atom stereocenters. The van der Waals surface area contributed by atoms with Crippen LogP contribution in [-0.4, -0.2) is 15.5 Å². The number of aryl methyl sites for hydroxylation is 1. The summed E-state index contributed by atoms with van der Waals surface area (Å²) < 4.78 is 2.01. The van der Waals surface area contributed by atoms with Gasteiger partial charge in [0.1, 0.15) is 5.01 Å². The molecule has 1 amide bonds. The van der Waals surface area contributed by atoms with E-state index in [0.717, 1.165) is 27.5 Å². The number of nitrogens with one attached hydrogen (secondary N) is 1. The Morgan fingerprint density at radius 3 is 2.54 bits per heavy atom. The third kappa shape index (κ3) is 3.30. The zero-order chi connectivity index (χ0) is 17.9. The molecule has 4 nitrogen and oxygen atoms in total. The molecule has 5 heteroatoms. The second kappa shape index (κ2) is 6.98. The van der Waals surface area contributed by atoms with Crippen LogP contribution in [0, 0.1) is 6.92 Å². The Bertz CT molecular complexity index is 1020. The van der Waals surface area contributed by atoms with Crippen LogP contribution in [0.15, 0.2) is 78.6 Å². The van der Waals surface area contributed by atoms with E-state index in [1.807, 2.05) is 83.9 Å². The van der Waals surface area contributed by atoms with Crippen molar-refractivity contribution in [1.29, 1.82) is 0 Å². The van der Waals surface area contributed by atoms with E-state index in [9.17, 15) is 4.79 Å². The van der Waals surface area contributed by atoms with Crippen LogP contribution in [-0.2, 0) is 0 Å². The lowest BCUT2D eigenvalue weighted by molar-refractivity contribution is 0.102. The summed E-state index contributed by atoms with van der Waals surface area (Å²) in [6.07, 6.45) is 5.73. The molecule has 0 saturated heterocycles. The summed E-state index contributed by atoms with van der Waals surface area (Å²) in [4.78, 5) is 16.9. The fraction of sp³-hybridized carbons (Fsp3) is 0.0476. The third-order valence-electron chi connectivity index (χ3n) is 4.18. The molecule has 0 bridgehead atoms. The summed E-state index contributed by atoms with van der Waals surface area (Å²) >= 11 is 1.59. The Morgan fingerprint density at radius 2 is 1.85 bits per heavy atom. The molecule has 128 valence electrons. The van der Waals surface area contributed by atoms with Crippen molar-refractivity contribution in [3.05, 3.63) is 89.7 Å². The Labute approximate surface area is 155 Å². The predicted octanol–water partition coefficient (Wildman–Crippen LogP) is 5.16. The maximum Gasteiger partial charge on any atom is 0.255 e. The first-order chi connectivity index (χ1) is 12.7. The van der Waals surface area contributed by atoms with E-state index in [1.165, 1.54) is 0 Å². The van der Waals surface area contributed by atoms with Gasteiger partial charge < -0.3 is 9.88 Å². The number of anilines is 1. The summed E-state index contributed by atoms with van der Waals surface area (Å²) in [5.41, 5.74) is 4.55. The van der Waals surface area contributed by atoms with Crippen LogP contribution in [0.1, 0.15) is 15.9 Å². The van der Waals surface area contributed by atoms with Crippen LogP contribution < -0.4 is 5.32 Å². The van der Waals surface area contributed by atoms with Gasteiger partial charge in [0.2, 0.25) is 0 Å². The molecule has 0 aliphatic heterocycles. The fourth-order valence-corrected chi connectivity index (χ4v) is 3.43. The Hall–Kier alpha value is -3.18. The molecule has 0 radical (unpaired) electrons. The van der Waals surface area contributed by atoms with Gasteiger partial charge in [-0.1, -0.05) is 6.07 Å². The van der Waals surface area contributed by atoms with Gasteiger partial charge in [0, 0.05) is 46.5 Å². The highest BCUT2D eigenvalue weighted by molar-refractivity contribution is 7.13. The number of hydrogen-bond donors (Lipinski definition) is 1. The first kappa shape index (κ1) is 16.3. The molecule has 26 heavy (non-hydrogen) atoms. The third-order valence-corrected chi connectivity index (χ3v) is 5.00. The quantitative estimate of drug-likeness (QED) is 0.547. The van der Waals surface area contributed by atoms with Crippen molar-refractivity contribution in [3.8, 4) is 16.3 Å². The maximum absolute atomic E-state index is 12.6. The molecule has 2 aromatic heterocycles. The van der Waals surface area contributed by atoms with Crippen LogP contribution in [0.2, 0.25) is 0 Å². The Kier molecular flexibility index (Phi) is 4.37. The van der Waals surface area contributed by atoms with Crippen molar-refractivity contribution in [2.24, 2.45) is 0 Å². The Morgan fingerprint density at radius 1 is 1.08 bits per heavy atom. The summed E-state index contributed by atoms with van der Waals surface area (Å²) in [6, 6.07) is 17.4. The molecule has 2 aromatic carbocycles. The van der Waals surface area contributed by atoms with Gasteiger partial charge in [-0.25, -0.2) is 4.98 Å².